The van der Waals surface area contributed by atoms with Crippen molar-refractivity contribution < 1.29 is 0 Å². The summed E-state index contributed by atoms with van der Waals surface area (Å²) < 4.78 is 1.76. The molecule has 0 saturated heterocycles. The van der Waals surface area contributed by atoms with Crippen molar-refractivity contribution in [3.05, 3.63) is 72.8 Å². The summed E-state index contributed by atoms with van der Waals surface area (Å²) in [6.07, 6.45) is 10.7. The second kappa shape index (κ2) is 5.86. The van der Waals surface area contributed by atoms with Gasteiger partial charge in [0.15, 0.2) is 5.65 Å². The molecule has 0 radical (unpaired) electrons. The van der Waals surface area contributed by atoms with E-state index in [1.807, 2.05) is 36.7 Å². The maximum absolute atomic E-state index is 5.75. The fourth-order valence-electron chi connectivity index (χ4n) is 3.01. The first-order valence-corrected chi connectivity index (χ1v) is 8.33. The number of rotatable bonds is 2. The normalized spacial score (nSPS) is 11.3. The lowest BCUT2D eigenvalue weighted by molar-refractivity contribution is 0.940. The average molecular weight is 359 g/mol. The minimum Gasteiger partial charge on any atom is -0.256 e. The van der Waals surface area contributed by atoms with Crippen LogP contribution in [-0.4, -0.2) is 29.5 Å². The van der Waals surface area contributed by atoms with Crippen LogP contribution in [0.4, 0.5) is 0 Å². The maximum Gasteiger partial charge on any atom is 0.222 e. The summed E-state index contributed by atoms with van der Waals surface area (Å²) in [4.78, 5) is 17.1. The minimum atomic E-state index is 0.216. The molecule has 5 aromatic rings. The van der Waals surface area contributed by atoms with Crippen LogP contribution in [0.2, 0.25) is 5.28 Å². The first-order valence-electron chi connectivity index (χ1n) is 7.95. The first-order chi connectivity index (χ1) is 12.8. The predicted molar refractivity (Wildman–Crippen MR) is 99.8 cm³/mol. The molecule has 4 heterocycles. The lowest BCUT2D eigenvalue weighted by atomic mass is 10.0. The van der Waals surface area contributed by atoms with E-state index in [1.54, 1.807) is 29.3 Å². The van der Waals surface area contributed by atoms with Crippen LogP contribution in [0, 0.1) is 0 Å². The molecule has 1 aromatic carbocycles. The van der Waals surface area contributed by atoms with E-state index in [4.69, 9.17) is 11.6 Å². The SMILES string of the molecule is Clc1ncc(-c2cnc3c(-c4ccnc5ccccc45)cnn3c2)cn1. The number of pyridine rings is 1. The number of fused-ring (bicyclic) bond motifs is 2. The van der Waals surface area contributed by atoms with Crippen molar-refractivity contribution >= 4 is 28.2 Å². The minimum absolute atomic E-state index is 0.216. The molecule has 6 nitrogen and oxygen atoms in total. The summed E-state index contributed by atoms with van der Waals surface area (Å²) in [7, 11) is 0. The largest absolute Gasteiger partial charge is 0.256 e. The molecule has 26 heavy (non-hydrogen) atoms. The Balaban J connectivity index is 1.67. The Morgan fingerprint density at radius 1 is 0.769 bits per heavy atom. The van der Waals surface area contributed by atoms with E-state index in [2.05, 4.69) is 31.1 Å². The molecule has 0 aliphatic heterocycles. The van der Waals surface area contributed by atoms with E-state index < -0.39 is 0 Å². The van der Waals surface area contributed by atoms with Gasteiger partial charge in [-0.05, 0) is 29.3 Å². The van der Waals surface area contributed by atoms with Crippen molar-refractivity contribution in [1.29, 1.82) is 0 Å². The van der Waals surface area contributed by atoms with Crippen LogP contribution in [0.25, 0.3) is 38.8 Å². The molecule has 124 valence electrons. The second-order valence-electron chi connectivity index (χ2n) is 5.79. The second-order valence-corrected chi connectivity index (χ2v) is 6.12. The number of para-hydroxylation sites is 1. The van der Waals surface area contributed by atoms with E-state index in [0.717, 1.165) is 38.8 Å². The highest BCUT2D eigenvalue weighted by Gasteiger charge is 2.12. The molecule has 0 bridgehead atoms. The van der Waals surface area contributed by atoms with Crippen molar-refractivity contribution in [1.82, 2.24) is 29.5 Å². The number of halogens is 1. The van der Waals surface area contributed by atoms with Crippen LogP contribution in [0.3, 0.4) is 0 Å². The zero-order chi connectivity index (χ0) is 17.5. The van der Waals surface area contributed by atoms with Gasteiger partial charge in [-0.25, -0.2) is 19.5 Å². The molecule has 0 spiro atoms. The van der Waals surface area contributed by atoms with E-state index >= 15 is 0 Å². The summed E-state index contributed by atoms with van der Waals surface area (Å²) in [5, 5.41) is 5.76. The van der Waals surface area contributed by atoms with Gasteiger partial charge in [-0.2, -0.15) is 5.10 Å². The number of hydrogen-bond acceptors (Lipinski definition) is 5. The topological polar surface area (TPSA) is 68.9 Å². The van der Waals surface area contributed by atoms with E-state index in [9.17, 15) is 0 Å². The molecule has 0 N–H and O–H groups in total. The smallest absolute Gasteiger partial charge is 0.222 e. The lowest BCUT2D eigenvalue weighted by Crippen LogP contribution is -1.93. The van der Waals surface area contributed by atoms with Crippen molar-refractivity contribution in [2.45, 2.75) is 0 Å². The summed E-state index contributed by atoms with van der Waals surface area (Å²) in [5.41, 5.74) is 5.43. The molecule has 0 aliphatic rings. The van der Waals surface area contributed by atoms with Gasteiger partial charge in [0.05, 0.1) is 11.7 Å². The van der Waals surface area contributed by atoms with Crippen LogP contribution in [0.5, 0.6) is 0 Å². The van der Waals surface area contributed by atoms with Crippen molar-refractivity contribution in [2.24, 2.45) is 0 Å². The third kappa shape index (κ3) is 2.39. The fraction of sp³-hybridized carbons (Fsp3) is 0. The molecule has 0 unspecified atom stereocenters. The Morgan fingerprint density at radius 3 is 2.46 bits per heavy atom. The van der Waals surface area contributed by atoms with Gasteiger partial charge in [-0.15, -0.1) is 0 Å². The first kappa shape index (κ1) is 14.9. The van der Waals surface area contributed by atoms with Gasteiger partial charge in [-0.1, -0.05) is 18.2 Å². The van der Waals surface area contributed by atoms with Crippen molar-refractivity contribution in [3.8, 4) is 22.3 Å². The molecule has 0 amide bonds. The third-order valence-corrected chi connectivity index (χ3v) is 4.44. The third-order valence-electron chi connectivity index (χ3n) is 4.25. The summed E-state index contributed by atoms with van der Waals surface area (Å²) >= 11 is 5.75. The van der Waals surface area contributed by atoms with Crippen LogP contribution in [0.15, 0.2) is 67.5 Å². The summed E-state index contributed by atoms with van der Waals surface area (Å²) in [6, 6.07) is 10.0. The Labute approximate surface area is 153 Å². The number of hydrogen-bond donors (Lipinski definition) is 0. The maximum atomic E-state index is 5.75. The van der Waals surface area contributed by atoms with Crippen LogP contribution >= 0.6 is 11.6 Å². The number of benzene rings is 1. The molecule has 0 saturated carbocycles. The van der Waals surface area contributed by atoms with E-state index in [0.29, 0.717) is 0 Å². The highest BCUT2D eigenvalue weighted by atomic mass is 35.5. The summed E-state index contributed by atoms with van der Waals surface area (Å²) in [5.74, 6) is 0. The molecular weight excluding hydrogens is 348 g/mol. The van der Waals surface area contributed by atoms with Crippen molar-refractivity contribution in [2.75, 3.05) is 0 Å². The van der Waals surface area contributed by atoms with E-state index in [1.165, 1.54) is 0 Å². The van der Waals surface area contributed by atoms with Gasteiger partial charge in [0.2, 0.25) is 5.28 Å². The lowest BCUT2D eigenvalue weighted by Gasteiger charge is -2.05. The van der Waals surface area contributed by atoms with Crippen molar-refractivity contribution in [3.63, 3.8) is 0 Å². The van der Waals surface area contributed by atoms with Gasteiger partial charge in [-0.3, -0.25) is 4.98 Å². The quantitative estimate of drug-likeness (QED) is 0.445. The number of nitrogens with zero attached hydrogens (tertiary/aromatic N) is 6. The molecule has 5 rings (SSSR count). The predicted octanol–water partition coefficient (Wildman–Crippen LogP) is 4.05. The molecule has 4 aromatic heterocycles. The Bertz CT molecular complexity index is 1240. The molecule has 0 fully saturated rings. The average Bonchev–Trinajstić information content (AvgIpc) is 3.11. The van der Waals surface area contributed by atoms with Gasteiger partial charge in [0, 0.05) is 53.1 Å². The zero-order valence-electron chi connectivity index (χ0n) is 13.4. The fourth-order valence-corrected chi connectivity index (χ4v) is 3.10. The molecule has 0 atom stereocenters. The van der Waals surface area contributed by atoms with Crippen LogP contribution in [0.1, 0.15) is 0 Å². The summed E-state index contributed by atoms with van der Waals surface area (Å²) in [6.45, 7) is 0. The highest BCUT2D eigenvalue weighted by Crippen LogP contribution is 2.30. The van der Waals surface area contributed by atoms with Crippen LogP contribution < -0.4 is 0 Å². The van der Waals surface area contributed by atoms with Gasteiger partial charge in [0.25, 0.3) is 0 Å². The Morgan fingerprint density at radius 2 is 1.58 bits per heavy atom. The number of aromatic nitrogens is 6. The molecule has 7 heteroatoms. The van der Waals surface area contributed by atoms with Gasteiger partial charge in [0.1, 0.15) is 0 Å². The Kier molecular flexibility index (Phi) is 3.36. The zero-order valence-corrected chi connectivity index (χ0v) is 14.2. The monoisotopic (exact) mass is 358 g/mol. The highest BCUT2D eigenvalue weighted by molar-refractivity contribution is 6.28. The van der Waals surface area contributed by atoms with Gasteiger partial charge < -0.3 is 0 Å². The molecule has 0 aliphatic carbocycles. The standard InChI is InChI=1S/C19H11ClN6/c20-19-23-7-12(8-24-19)13-9-22-18-16(10-25-26(18)11-13)14-5-6-21-17-4-2-1-3-15(14)17/h1-11H. The van der Waals surface area contributed by atoms with Crippen LogP contribution in [-0.2, 0) is 0 Å². The Hall–Kier alpha value is -3.38. The van der Waals surface area contributed by atoms with E-state index in [-0.39, 0.29) is 5.28 Å². The molecular formula is C19H11ClN6. The van der Waals surface area contributed by atoms with Gasteiger partial charge >= 0.3 is 0 Å².